The molecular weight excluding hydrogens is 216 g/mol. The third-order valence-electron chi connectivity index (χ3n) is 3.38. The van der Waals surface area contributed by atoms with Gasteiger partial charge in [-0.25, -0.2) is 4.98 Å². The Morgan fingerprint density at radius 2 is 2.35 bits per heavy atom. The van der Waals surface area contributed by atoms with E-state index in [0.717, 1.165) is 37.2 Å². The molecule has 2 unspecified atom stereocenters. The van der Waals surface area contributed by atoms with Crippen molar-refractivity contribution < 1.29 is 10.2 Å². The Morgan fingerprint density at radius 1 is 1.53 bits per heavy atom. The fraction of sp³-hybridized carbons (Fsp3) is 0.615. The lowest BCUT2D eigenvalue weighted by Crippen LogP contribution is -2.43. The maximum Gasteiger partial charge on any atom is 0.134 e. The Bertz CT molecular complexity index is 368. The number of piperidine rings is 1. The van der Waals surface area contributed by atoms with Crippen LogP contribution in [0.15, 0.2) is 18.3 Å². The van der Waals surface area contributed by atoms with E-state index in [9.17, 15) is 10.2 Å². The monoisotopic (exact) mass is 236 g/mol. The van der Waals surface area contributed by atoms with E-state index in [-0.39, 0.29) is 12.6 Å². The lowest BCUT2D eigenvalue weighted by molar-refractivity contribution is 0.197. The van der Waals surface area contributed by atoms with E-state index in [1.54, 1.807) is 13.1 Å². The third-order valence-corrected chi connectivity index (χ3v) is 3.38. The number of aliphatic hydroxyl groups excluding tert-OH is 2. The molecule has 94 valence electrons. The van der Waals surface area contributed by atoms with Gasteiger partial charge in [-0.1, -0.05) is 6.07 Å². The van der Waals surface area contributed by atoms with Crippen molar-refractivity contribution in [3.8, 4) is 0 Å². The highest BCUT2D eigenvalue weighted by molar-refractivity contribution is 5.49. The van der Waals surface area contributed by atoms with Crippen molar-refractivity contribution in [2.45, 2.75) is 38.3 Å². The summed E-state index contributed by atoms with van der Waals surface area (Å²) in [6.07, 6.45) is 4.47. The molecule has 0 spiro atoms. The zero-order chi connectivity index (χ0) is 12.3. The second-order valence-corrected chi connectivity index (χ2v) is 4.62. The number of anilines is 1. The van der Waals surface area contributed by atoms with Gasteiger partial charge < -0.3 is 15.1 Å². The minimum atomic E-state index is -0.528. The van der Waals surface area contributed by atoms with Gasteiger partial charge in [-0.05, 0) is 32.3 Å². The fourth-order valence-electron chi connectivity index (χ4n) is 2.44. The van der Waals surface area contributed by atoms with E-state index in [1.807, 2.05) is 12.1 Å². The summed E-state index contributed by atoms with van der Waals surface area (Å²) >= 11 is 0. The van der Waals surface area contributed by atoms with Crippen molar-refractivity contribution >= 4 is 5.82 Å². The molecule has 1 aliphatic heterocycles. The normalized spacial score (nSPS) is 22.5. The second-order valence-electron chi connectivity index (χ2n) is 4.62. The van der Waals surface area contributed by atoms with E-state index in [2.05, 4.69) is 9.88 Å². The van der Waals surface area contributed by atoms with E-state index in [0.29, 0.717) is 0 Å². The van der Waals surface area contributed by atoms with E-state index >= 15 is 0 Å². The Labute approximate surface area is 102 Å². The maximum atomic E-state index is 9.76. The van der Waals surface area contributed by atoms with Gasteiger partial charge in [0.15, 0.2) is 0 Å². The Hall–Kier alpha value is -1.13. The van der Waals surface area contributed by atoms with E-state index in [4.69, 9.17) is 0 Å². The molecule has 1 fully saturated rings. The molecular formula is C13H20N2O2. The van der Waals surface area contributed by atoms with Crippen molar-refractivity contribution in [2.75, 3.05) is 18.1 Å². The number of aliphatic hydroxyl groups is 2. The van der Waals surface area contributed by atoms with Crippen molar-refractivity contribution in [3.05, 3.63) is 23.9 Å². The summed E-state index contributed by atoms with van der Waals surface area (Å²) < 4.78 is 0. The molecule has 2 heterocycles. The number of rotatable bonds is 3. The standard InChI is InChI=1S/C13H20N2O2/c1-10(17)12-6-4-7-14-13(12)15-8-3-2-5-11(15)9-16/h4,6-7,10-11,16-17H,2-3,5,8-9H2,1H3. The molecule has 1 saturated heterocycles. The summed E-state index contributed by atoms with van der Waals surface area (Å²) in [4.78, 5) is 6.51. The first kappa shape index (κ1) is 12.3. The molecule has 1 aromatic heterocycles. The summed E-state index contributed by atoms with van der Waals surface area (Å²) in [5.74, 6) is 0.821. The first-order valence-electron chi connectivity index (χ1n) is 6.24. The molecule has 17 heavy (non-hydrogen) atoms. The van der Waals surface area contributed by atoms with Crippen LogP contribution in [0.4, 0.5) is 5.82 Å². The van der Waals surface area contributed by atoms with Gasteiger partial charge in [0.2, 0.25) is 0 Å². The summed E-state index contributed by atoms with van der Waals surface area (Å²) in [5, 5.41) is 19.2. The summed E-state index contributed by atoms with van der Waals surface area (Å²) in [7, 11) is 0. The SMILES string of the molecule is CC(O)c1cccnc1N1CCCCC1CO. The predicted octanol–water partition coefficient (Wildman–Crippen LogP) is 1.49. The van der Waals surface area contributed by atoms with Crippen LogP contribution in [0.1, 0.15) is 37.9 Å². The molecule has 1 aromatic rings. The van der Waals surface area contributed by atoms with Crippen LogP contribution in [0.3, 0.4) is 0 Å². The van der Waals surface area contributed by atoms with Gasteiger partial charge in [0.25, 0.3) is 0 Å². The van der Waals surface area contributed by atoms with Gasteiger partial charge in [0.05, 0.1) is 18.8 Å². The largest absolute Gasteiger partial charge is 0.394 e. The van der Waals surface area contributed by atoms with Crippen LogP contribution in [0, 0.1) is 0 Å². The number of hydrogen-bond donors (Lipinski definition) is 2. The van der Waals surface area contributed by atoms with Gasteiger partial charge in [0, 0.05) is 18.3 Å². The van der Waals surface area contributed by atoms with Crippen LogP contribution in [-0.2, 0) is 0 Å². The van der Waals surface area contributed by atoms with Crippen molar-refractivity contribution in [1.29, 1.82) is 0 Å². The predicted molar refractivity (Wildman–Crippen MR) is 66.9 cm³/mol. The Balaban J connectivity index is 2.31. The Morgan fingerprint density at radius 3 is 3.06 bits per heavy atom. The molecule has 0 amide bonds. The first-order chi connectivity index (χ1) is 8.24. The zero-order valence-electron chi connectivity index (χ0n) is 10.2. The molecule has 2 atom stereocenters. The van der Waals surface area contributed by atoms with Crippen LogP contribution in [0.5, 0.6) is 0 Å². The molecule has 4 nitrogen and oxygen atoms in total. The Kier molecular flexibility index (Phi) is 3.97. The number of pyridine rings is 1. The van der Waals surface area contributed by atoms with Gasteiger partial charge in [-0.2, -0.15) is 0 Å². The van der Waals surface area contributed by atoms with Crippen LogP contribution in [0.2, 0.25) is 0 Å². The smallest absolute Gasteiger partial charge is 0.134 e. The summed E-state index contributed by atoms with van der Waals surface area (Å²) in [6, 6.07) is 3.87. The zero-order valence-corrected chi connectivity index (χ0v) is 10.2. The average molecular weight is 236 g/mol. The highest BCUT2D eigenvalue weighted by Crippen LogP contribution is 2.29. The fourth-order valence-corrected chi connectivity index (χ4v) is 2.44. The topological polar surface area (TPSA) is 56.6 Å². The quantitative estimate of drug-likeness (QED) is 0.834. The molecule has 4 heteroatoms. The number of nitrogens with zero attached hydrogens (tertiary/aromatic N) is 2. The minimum absolute atomic E-state index is 0.135. The van der Waals surface area contributed by atoms with Gasteiger partial charge in [0.1, 0.15) is 5.82 Å². The number of aromatic nitrogens is 1. The molecule has 0 radical (unpaired) electrons. The van der Waals surface area contributed by atoms with Gasteiger partial charge in [-0.3, -0.25) is 0 Å². The van der Waals surface area contributed by atoms with Crippen LogP contribution in [0.25, 0.3) is 0 Å². The molecule has 0 aliphatic carbocycles. The molecule has 1 aliphatic rings. The average Bonchev–Trinajstić information content (AvgIpc) is 2.38. The van der Waals surface area contributed by atoms with Crippen LogP contribution < -0.4 is 4.90 Å². The third kappa shape index (κ3) is 2.58. The van der Waals surface area contributed by atoms with Crippen molar-refractivity contribution in [1.82, 2.24) is 4.98 Å². The minimum Gasteiger partial charge on any atom is -0.394 e. The molecule has 0 aromatic carbocycles. The highest BCUT2D eigenvalue weighted by atomic mass is 16.3. The highest BCUT2D eigenvalue weighted by Gasteiger charge is 2.25. The van der Waals surface area contributed by atoms with Gasteiger partial charge >= 0.3 is 0 Å². The van der Waals surface area contributed by atoms with Crippen molar-refractivity contribution in [2.24, 2.45) is 0 Å². The first-order valence-corrected chi connectivity index (χ1v) is 6.24. The maximum absolute atomic E-state index is 9.76. The lowest BCUT2D eigenvalue weighted by Gasteiger charge is -2.36. The second kappa shape index (κ2) is 5.47. The van der Waals surface area contributed by atoms with Crippen LogP contribution in [-0.4, -0.2) is 34.4 Å². The van der Waals surface area contributed by atoms with Crippen molar-refractivity contribution in [3.63, 3.8) is 0 Å². The van der Waals surface area contributed by atoms with Crippen LogP contribution >= 0.6 is 0 Å². The van der Waals surface area contributed by atoms with E-state index in [1.165, 1.54) is 0 Å². The molecule has 0 saturated carbocycles. The van der Waals surface area contributed by atoms with E-state index < -0.39 is 6.10 Å². The molecule has 0 bridgehead atoms. The lowest BCUT2D eigenvalue weighted by atomic mass is 10.0. The molecule has 2 N–H and O–H groups in total. The van der Waals surface area contributed by atoms with Gasteiger partial charge in [-0.15, -0.1) is 0 Å². The number of hydrogen-bond acceptors (Lipinski definition) is 4. The summed E-state index contributed by atoms with van der Waals surface area (Å²) in [6.45, 7) is 2.80. The summed E-state index contributed by atoms with van der Waals surface area (Å²) in [5.41, 5.74) is 0.841. The molecule has 2 rings (SSSR count).